The van der Waals surface area contributed by atoms with E-state index in [0.29, 0.717) is 17.5 Å². The van der Waals surface area contributed by atoms with Crippen LogP contribution in [0.5, 0.6) is 5.75 Å². The molecule has 0 aliphatic heterocycles. The normalized spacial score (nSPS) is 10.9. The number of rotatable bonds is 3. The number of imidazole rings is 1. The summed E-state index contributed by atoms with van der Waals surface area (Å²) in [6, 6.07) is 12.2. The highest BCUT2D eigenvalue weighted by Gasteiger charge is 2.11. The number of aromatic nitrogens is 2. The Hall–Kier alpha value is -2.31. The molecule has 100 valence electrons. The van der Waals surface area contributed by atoms with Gasteiger partial charge in [0.25, 0.3) is 0 Å². The molecule has 0 saturated heterocycles. The van der Waals surface area contributed by atoms with Crippen molar-refractivity contribution < 1.29 is 15.2 Å². The number of hydrogen-bond acceptors (Lipinski definition) is 4. The van der Waals surface area contributed by atoms with E-state index in [-0.39, 0.29) is 5.75 Å². The van der Waals surface area contributed by atoms with Crippen LogP contribution in [0, 0.1) is 0 Å². The lowest BCUT2D eigenvalue weighted by atomic mass is 9.80. The number of benzene rings is 2. The van der Waals surface area contributed by atoms with E-state index >= 15 is 0 Å². The Kier molecular flexibility index (Phi) is 3.18. The third-order valence-corrected chi connectivity index (χ3v) is 3.25. The second kappa shape index (κ2) is 4.99. The summed E-state index contributed by atoms with van der Waals surface area (Å²) in [5.41, 5.74) is 2.87. The molecule has 0 radical (unpaired) electrons. The van der Waals surface area contributed by atoms with Gasteiger partial charge in [-0.2, -0.15) is 0 Å². The van der Waals surface area contributed by atoms with Gasteiger partial charge in [-0.3, -0.25) is 0 Å². The molecular formula is C14H13BN2O3. The number of aromatic hydroxyl groups is 1. The summed E-state index contributed by atoms with van der Waals surface area (Å²) >= 11 is 0. The molecule has 2 aromatic carbocycles. The fourth-order valence-corrected chi connectivity index (χ4v) is 2.22. The molecule has 0 fully saturated rings. The molecule has 0 bridgehead atoms. The van der Waals surface area contributed by atoms with E-state index in [9.17, 15) is 5.11 Å². The van der Waals surface area contributed by atoms with Crippen LogP contribution in [-0.4, -0.2) is 31.8 Å². The standard InChI is InChI=1S/C14H13BN2O3/c18-13-3-1-2-12-14(13)17(9-16-12)8-10-4-6-11(7-5-10)15(19)20/h1-7,9,18-20H,8H2. The fourth-order valence-electron chi connectivity index (χ4n) is 2.22. The lowest BCUT2D eigenvalue weighted by Crippen LogP contribution is -2.29. The van der Waals surface area contributed by atoms with Crippen molar-refractivity contribution in [2.45, 2.75) is 6.54 Å². The van der Waals surface area contributed by atoms with Gasteiger partial charge < -0.3 is 19.7 Å². The molecule has 3 aromatic rings. The van der Waals surface area contributed by atoms with Crippen molar-refractivity contribution >= 4 is 23.6 Å². The first-order chi connectivity index (χ1) is 9.65. The molecule has 0 aliphatic rings. The SMILES string of the molecule is OB(O)c1ccc(Cn2cnc3cccc(O)c32)cc1. The Labute approximate surface area is 115 Å². The largest absolute Gasteiger partial charge is 0.506 e. The van der Waals surface area contributed by atoms with E-state index < -0.39 is 7.12 Å². The van der Waals surface area contributed by atoms with Crippen LogP contribution in [0.3, 0.4) is 0 Å². The summed E-state index contributed by atoms with van der Waals surface area (Å²) in [7, 11) is -1.46. The first kappa shape index (κ1) is 12.7. The minimum Gasteiger partial charge on any atom is -0.506 e. The molecule has 5 nitrogen and oxygen atoms in total. The maximum atomic E-state index is 9.91. The van der Waals surface area contributed by atoms with Gasteiger partial charge in [-0.05, 0) is 23.2 Å². The average Bonchev–Trinajstić information content (AvgIpc) is 2.84. The Morgan fingerprint density at radius 2 is 1.80 bits per heavy atom. The third-order valence-electron chi connectivity index (χ3n) is 3.25. The molecule has 0 unspecified atom stereocenters. The summed E-state index contributed by atoms with van der Waals surface area (Å²) in [6.45, 7) is 0.551. The molecular weight excluding hydrogens is 255 g/mol. The molecule has 1 aromatic heterocycles. The maximum absolute atomic E-state index is 9.91. The van der Waals surface area contributed by atoms with Crippen LogP contribution in [0.2, 0.25) is 0 Å². The van der Waals surface area contributed by atoms with Crippen molar-refractivity contribution in [3.05, 3.63) is 54.4 Å². The highest BCUT2D eigenvalue weighted by molar-refractivity contribution is 6.58. The summed E-state index contributed by atoms with van der Waals surface area (Å²) in [6.07, 6.45) is 1.68. The van der Waals surface area contributed by atoms with Gasteiger partial charge in [0.15, 0.2) is 0 Å². The van der Waals surface area contributed by atoms with Gasteiger partial charge in [0.2, 0.25) is 0 Å². The van der Waals surface area contributed by atoms with Crippen molar-refractivity contribution in [2.75, 3.05) is 0 Å². The summed E-state index contributed by atoms with van der Waals surface area (Å²) in [4.78, 5) is 4.24. The summed E-state index contributed by atoms with van der Waals surface area (Å²) in [5.74, 6) is 0.197. The van der Waals surface area contributed by atoms with Crippen molar-refractivity contribution in [3.8, 4) is 5.75 Å². The zero-order valence-corrected chi connectivity index (χ0v) is 10.6. The van der Waals surface area contributed by atoms with Crippen molar-refractivity contribution in [3.63, 3.8) is 0 Å². The van der Waals surface area contributed by atoms with Crippen LogP contribution in [0.4, 0.5) is 0 Å². The lowest BCUT2D eigenvalue weighted by Gasteiger charge is -2.07. The molecule has 0 spiro atoms. The molecule has 0 aliphatic carbocycles. The van der Waals surface area contributed by atoms with Gasteiger partial charge in [0.1, 0.15) is 11.3 Å². The van der Waals surface area contributed by atoms with Gasteiger partial charge in [-0.15, -0.1) is 0 Å². The van der Waals surface area contributed by atoms with Gasteiger partial charge in [-0.1, -0.05) is 30.3 Å². The number of fused-ring (bicyclic) bond motifs is 1. The van der Waals surface area contributed by atoms with Crippen LogP contribution < -0.4 is 5.46 Å². The number of para-hydroxylation sites is 1. The topological polar surface area (TPSA) is 78.5 Å². The van der Waals surface area contributed by atoms with Crippen LogP contribution in [0.25, 0.3) is 11.0 Å². The second-order valence-electron chi connectivity index (χ2n) is 4.63. The first-order valence-corrected chi connectivity index (χ1v) is 6.23. The number of phenolic OH excluding ortho intramolecular Hbond substituents is 1. The summed E-state index contributed by atoms with van der Waals surface area (Å²) < 4.78 is 1.86. The molecule has 0 amide bonds. The average molecular weight is 268 g/mol. The van der Waals surface area contributed by atoms with Gasteiger partial charge in [0.05, 0.1) is 11.8 Å². The molecule has 3 N–H and O–H groups in total. The van der Waals surface area contributed by atoms with Crippen LogP contribution in [0.1, 0.15) is 5.56 Å². The van der Waals surface area contributed by atoms with E-state index in [1.165, 1.54) is 0 Å². The first-order valence-electron chi connectivity index (χ1n) is 6.23. The van der Waals surface area contributed by atoms with Crippen LogP contribution in [0.15, 0.2) is 48.8 Å². The molecule has 6 heteroatoms. The van der Waals surface area contributed by atoms with Gasteiger partial charge in [-0.25, -0.2) is 4.98 Å². The summed E-state index contributed by atoms with van der Waals surface area (Å²) in [5, 5.41) is 28.0. The minimum absolute atomic E-state index is 0.197. The van der Waals surface area contributed by atoms with Gasteiger partial charge >= 0.3 is 7.12 Å². The Balaban J connectivity index is 1.93. The van der Waals surface area contributed by atoms with Crippen molar-refractivity contribution in [2.24, 2.45) is 0 Å². The monoisotopic (exact) mass is 268 g/mol. The fraction of sp³-hybridized carbons (Fsp3) is 0.0714. The van der Waals surface area contributed by atoms with E-state index in [1.54, 1.807) is 30.6 Å². The quantitative estimate of drug-likeness (QED) is 0.603. The molecule has 0 saturated carbocycles. The molecule has 0 atom stereocenters. The van der Waals surface area contributed by atoms with E-state index in [4.69, 9.17) is 10.0 Å². The smallest absolute Gasteiger partial charge is 0.488 e. The lowest BCUT2D eigenvalue weighted by molar-refractivity contribution is 0.426. The Morgan fingerprint density at radius 3 is 2.50 bits per heavy atom. The van der Waals surface area contributed by atoms with Gasteiger partial charge in [0, 0.05) is 6.54 Å². The Morgan fingerprint density at radius 1 is 1.05 bits per heavy atom. The van der Waals surface area contributed by atoms with Crippen LogP contribution in [-0.2, 0) is 6.54 Å². The van der Waals surface area contributed by atoms with Crippen LogP contribution >= 0.6 is 0 Å². The molecule has 3 rings (SSSR count). The predicted octanol–water partition coefficient (Wildman–Crippen LogP) is 0.470. The van der Waals surface area contributed by atoms with Crippen molar-refractivity contribution in [1.82, 2.24) is 9.55 Å². The number of hydrogen-bond donors (Lipinski definition) is 3. The highest BCUT2D eigenvalue weighted by atomic mass is 16.4. The third kappa shape index (κ3) is 2.26. The second-order valence-corrected chi connectivity index (χ2v) is 4.63. The Bertz CT molecular complexity index is 738. The highest BCUT2D eigenvalue weighted by Crippen LogP contribution is 2.23. The maximum Gasteiger partial charge on any atom is 0.488 e. The molecule has 1 heterocycles. The van der Waals surface area contributed by atoms with E-state index in [2.05, 4.69) is 4.98 Å². The number of nitrogens with zero attached hydrogens (tertiary/aromatic N) is 2. The van der Waals surface area contributed by atoms with E-state index in [1.807, 2.05) is 22.8 Å². The zero-order valence-electron chi connectivity index (χ0n) is 10.6. The van der Waals surface area contributed by atoms with E-state index in [0.717, 1.165) is 11.1 Å². The predicted molar refractivity (Wildman–Crippen MR) is 76.8 cm³/mol. The zero-order chi connectivity index (χ0) is 14.1. The molecule has 20 heavy (non-hydrogen) atoms. The minimum atomic E-state index is -1.46. The van der Waals surface area contributed by atoms with Crippen molar-refractivity contribution in [1.29, 1.82) is 0 Å². The number of phenols is 1.